The molecule has 2 aromatic carbocycles. The molecule has 0 unspecified atom stereocenters. The van der Waals surface area contributed by atoms with Gasteiger partial charge in [0.2, 0.25) is 0 Å². The number of hydrogen-bond donors (Lipinski definition) is 1. The van der Waals surface area contributed by atoms with E-state index in [0.29, 0.717) is 11.6 Å². The van der Waals surface area contributed by atoms with Crippen molar-refractivity contribution in [3.8, 4) is 0 Å². The van der Waals surface area contributed by atoms with Crippen LogP contribution in [0.5, 0.6) is 0 Å². The van der Waals surface area contributed by atoms with Crippen LogP contribution in [0.3, 0.4) is 0 Å². The van der Waals surface area contributed by atoms with Crippen LogP contribution in [0.25, 0.3) is 12.2 Å². The second kappa shape index (κ2) is 5.54. The van der Waals surface area contributed by atoms with E-state index in [2.05, 4.69) is 15.9 Å². The van der Waals surface area contributed by atoms with E-state index in [4.69, 9.17) is 17.3 Å². The Morgan fingerprint density at radius 3 is 2.67 bits per heavy atom. The fraction of sp³-hybridized carbons (Fsp3) is 0.0625. The molecule has 2 amide bonds. The van der Waals surface area contributed by atoms with Crippen LogP contribution in [0.15, 0.2) is 40.9 Å². The van der Waals surface area contributed by atoms with Gasteiger partial charge < -0.3 is 5.73 Å². The number of fused-ring (bicyclic) bond motifs is 2. The molecular formula is C16H12BrClN2O. The number of urea groups is 1. The minimum Gasteiger partial charge on any atom is -0.351 e. The summed E-state index contributed by atoms with van der Waals surface area (Å²) >= 11 is 9.51. The Bertz CT molecular complexity index is 758. The van der Waals surface area contributed by atoms with Gasteiger partial charge in [0.1, 0.15) is 0 Å². The normalized spacial score (nSPS) is 14.7. The zero-order valence-corrected chi connectivity index (χ0v) is 13.4. The van der Waals surface area contributed by atoms with E-state index in [1.54, 1.807) is 11.0 Å². The van der Waals surface area contributed by atoms with E-state index >= 15 is 0 Å². The van der Waals surface area contributed by atoms with Crippen LogP contribution in [0, 0.1) is 0 Å². The van der Waals surface area contributed by atoms with Crippen LogP contribution >= 0.6 is 27.5 Å². The minimum atomic E-state index is -0.484. The van der Waals surface area contributed by atoms with Gasteiger partial charge in [-0.15, -0.1) is 0 Å². The fourth-order valence-electron chi connectivity index (χ4n) is 2.40. The van der Waals surface area contributed by atoms with Gasteiger partial charge in [0.05, 0.1) is 12.2 Å². The lowest BCUT2D eigenvalue weighted by Crippen LogP contribution is -2.36. The molecular weight excluding hydrogens is 352 g/mol. The molecule has 0 fully saturated rings. The number of carbonyl (C=O) groups is 1. The molecule has 2 aromatic rings. The number of rotatable bonds is 0. The van der Waals surface area contributed by atoms with E-state index in [1.807, 2.05) is 42.5 Å². The SMILES string of the molecule is NC(=O)N1Cc2ccc(Br)cc2/C=C\c2cc(Cl)ccc21. The molecule has 0 spiro atoms. The standard InChI is InChI=1S/C16H12BrClN2O/c17-13-4-3-12-9-20(16(19)21)15-6-5-14(18)8-11(15)2-1-10(12)7-13/h1-8H,9H2,(H2,19,21)/b2-1-. The second-order valence-corrected chi connectivity index (χ2v) is 6.16. The average Bonchev–Trinajstić information content (AvgIpc) is 2.42. The van der Waals surface area contributed by atoms with E-state index in [9.17, 15) is 4.79 Å². The lowest BCUT2D eigenvalue weighted by Gasteiger charge is -2.25. The first kappa shape index (κ1) is 14.2. The van der Waals surface area contributed by atoms with Crippen LogP contribution in [0.4, 0.5) is 10.5 Å². The summed E-state index contributed by atoms with van der Waals surface area (Å²) in [7, 11) is 0. The molecule has 1 heterocycles. The third kappa shape index (κ3) is 2.82. The van der Waals surface area contributed by atoms with Crippen molar-refractivity contribution >= 4 is 51.4 Å². The monoisotopic (exact) mass is 362 g/mol. The Morgan fingerprint density at radius 1 is 1.14 bits per heavy atom. The smallest absolute Gasteiger partial charge is 0.319 e. The highest BCUT2D eigenvalue weighted by atomic mass is 79.9. The molecule has 106 valence electrons. The van der Waals surface area contributed by atoms with Crippen LogP contribution < -0.4 is 10.6 Å². The summed E-state index contributed by atoms with van der Waals surface area (Å²) in [6.45, 7) is 0.427. The maximum atomic E-state index is 11.8. The van der Waals surface area contributed by atoms with E-state index in [-0.39, 0.29) is 0 Å². The molecule has 5 heteroatoms. The zero-order valence-electron chi connectivity index (χ0n) is 11.0. The molecule has 0 bridgehead atoms. The van der Waals surface area contributed by atoms with Gasteiger partial charge in [0.25, 0.3) is 0 Å². The van der Waals surface area contributed by atoms with Gasteiger partial charge >= 0.3 is 6.03 Å². The summed E-state index contributed by atoms with van der Waals surface area (Å²) in [5.41, 5.74) is 9.26. The van der Waals surface area contributed by atoms with Gasteiger partial charge in [-0.1, -0.05) is 45.7 Å². The summed E-state index contributed by atoms with van der Waals surface area (Å²) < 4.78 is 0.989. The molecule has 3 nitrogen and oxygen atoms in total. The highest BCUT2D eigenvalue weighted by Gasteiger charge is 2.19. The average molecular weight is 364 g/mol. The number of primary amides is 1. The Labute approximate surface area is 136 Å². The molecule has 3 rings (SSSR count). The molecule has 1 aliphatic heterocycles. The summed E-state index contributed by atoms with van der Waals surface area (Å²) in [5.74, 6) is 0. The largest absolute Gasteiger partial charge is 0.351 e. The molecule has 0 aliphatic carbocycles. The van der Waals surface area contributed by atoms with Crippen LogP contribution in [-0.4, -0.2) is 6.03 Å². The lowest BCUT2D eigenvalue weighted by atomic mass is 10.0. The van der Waals surface area contributed by atoms with Crippen molar-refractivity contribution in [2.75, 3.05) is 4.90 Å². The Kier molecular flexibility index (Phi) is 3.74. The van der Waals surface area contributed by atoms with Gasteiger partial charge in [-0.2, -0.15) is 0 Å². The molecule has 0 saturated heterocycles. The van der Waals surface area contributed by atoms with Crippen molar-refractivity contribution in [2.24, 2.45) is 5.73 Å². The summed E-state index contributed by atoms with van der Waals surface area (Å²) in [6, 6.07) is 10.9. The molecule has 0 radical (unpaired) electrons. The van der Waals surface area contributed by atoms with Crippen molar-refractivity contribution in [1.29, 1.82) is 0 Å². The van der Waals surface area contributed by atoms with E-state index in [0.717, 1.165) is 26.9 Å². The van der Waals surface area contributed by atoms with Crippen molar-refractivity contribution in [1.82, 2.24) is 0 Å². The number of nitrogens with zero attached hydrogens (tertiary/aromatic N) is 1. The maximum absolute atomic E-state index is 11.8. The maximum Gasteiger partial charge on any atom is 0.319 e. The Balaban J connectivity index is 2.21. The molecule has 1 aliphatic rings. The first-order chi connectivity index (χ1) is 10.0. The number of hydrogen-bond acceptors (Lipinski definition) is 1. The first-order valence-electron chi connectivity index (χ1n) is 6.37. The fourth-order valence-corrected chi connectivity index (χ4v) is 2.96. The zero-order chi connectivity index (χ0) is 15.0. The Morgan fingerprint density at radius 2 is 1.90 bits per heavy atom. The third-order valence-electron chi connectivity index (χ3n) is 3.43. The van der Waals surface area contributed by atoms with Gasteiger partial charge in [-0.25, -0.2) is 4.79 Å². The number of amides is 2. The summed E-state index contributed by atoms with van der Waals surface area (Å²) in [4.78, 5) is 13.4. The van der Waals surface area contributed by atoms with Crippen molar-refractivity contribution in [3.63, 3.8) is 0 Å². The highest BCUT2D eigenvalue weighted by Crippen LogP contribution is 2.31. The van der Waals surface area contributed by atoms with Gasteiger partial charge in [-0.3, -0.25) is 4.90 Å². The molecule has 2 N–H and O–H groups in total. The predicted molar refractivity (Wildman–Crippen MR) is 90.3 cm³/mol. The quantitative estimate of drug-likeness (QED) is 0.726. The topological polar surface area (TPSA) is 46.3 Å². The van der Waals surface area contributed by atoms with Gasteiger partial charge in [0, 0.05) is 9.50 Å². The number of nitrogens with two attached hydrogens (primary N) is 1. The lowest BCUT2D eigenvalue weighted by molar-refractivity contribution is 0.253. The minimum absolute atomic E-state index is 0.427. The molecule has 0 atom stereocenters. The number of anilines is 1. The Hall–Kier alpha value is -1.78. The van der Waals surface area contributed by atoms with Crippen LogP contribution in [-0.2, 0) is 6.54 Å². The summed E-state index contributed by atoms with van der Waals surface area (Å²) in [5, 5.41) is 0.623. The molecule has 21 heavy (non-hydrogen) atoms. The number of halogens is 2. The molecule has 0 aromatic heterocycles. The number of benzene rings is 2. The molecule has 0 saturated carbocycles. The first-order valence-corrected chi connectivity index (χ1v) is 7.55. The van der Waals surface area contributed by atoms with E-state index in [1.165, 1.54) is 0 Å². The van der Waals surface area contributed by atoms with Crippen LogP contribution in [0.1, 0.15) is 16.7 Å². The number of carbonyl (C=O) groups excluding carboxylic acids is 1. The van der Waals surface area contributed by atoms with Crippen molar-refractivity contribution in [3.05, 3.63) is 62.6 Å². The van der Waals surface area contributed by atoms with Gasteiger partial charge in [0.15, 0.2) is 0 Å². The van der Waals surface area contributed by atoms with Crippen LogP contribution in [0.2, 0.25) is 5.02 Å². The van der Waals surface area contributed by atoms with Gasteiger partial charge in [-0.05, 0) is 47.0 Å². The predicted octanol–water partition coefficient (Wildman–Crippen LogP) is 4.67. The van der Waals surface area contributed by atoms with E-state index < -0.39 is 6.03 Å². The van der Waals surface area contributed by atoms with Crippen molar-refractivity contribution < 1.29 is 4.79 Å². The van der Waals surface area contributed by atoms with Crippen molar-refractivity contribution in [2.45, 2.75) is 6.54 Å². The third-order valence-corrected chi connectivity index (χ3v) is 4.15. The second-order valence-electron chi connectivity index (χ2n) is 4.80. The highest BCUT2D eigenvalue weighted by molar-refractivity contribution is 9.10. The summed E-state index contributed by atoms with van der Waals surface area (Å²) in [6.07, 6.45) is 3.97.